The lowest BCUT2D eigenvalue weighted by Crippen LogP contribution is -2.46. The lowest BCUT2D eigenvalue weighted by Gasteiger charge is -2.22. The highest BCUT2D eigenvalue weighted by atomic mass is 35.5. The normalized spacial score (nSPS) is 22.4. The Morgan fingerprint density at radius 1 is 1.62 bits per heavy atom. The van der Waals surface area contributed by atoms with Crippen molar-refractivity contribution in [3.8, 4) is 0 Å². The molecule has 1 atom stereocenters. The molecule has 1 saturated heterocycles. The number of hydrogen-bond acceptors (Lipinski definition) is 2. The molecular weight excluding hydrogens is 188 g/mol. The number of nitrogens with one attached hydrogen (secondary N) is 2. The zero-order chi connectivity index (χ0) is 9.68. The molecule has 1 rings (SSSR count). The van der Waals surface area contributed by atoms with Gasteiger partial charge in [-0.3, -0.25) is 4.79 Å². The molecule has 74 valence electrons. The zero-order valence-corrected chi connectivity index (χ0v) is 8.36. The molecule has 0 bridgehead atoms. The maximum absolute atomic E-state index is 11.4. The van der Waals surface area contributed by atoms with Gasteiger partial charge in [-0.15, -0.1) is 0 Å². The lowest BCUT2D eigenvalue weighted by atomic mass is 10.0. The summed E-state index contributed by atoms with van der Waals surface area (Å²) >= 11 is 5.53. The third kappa shape index (κ3) is 3.79. The highest BCUT2D eigenvalue weighted by molar-refractivity contribution is 6.29. The summed E-state index contributed by atoms with van der Waals surface area (Å²) in [5.41, 5.74) is 0. The van der Waals surface area contributed by atoms with Crippen molar-refractivity contribution in [3.63, 3.8) is 0 Å². The van der Waals surface area contributed by atoms with Crippen molar-refractivity contribution in [2.75, 3.05) is 13.1 Å². The van der Waals surface area contributed by atoms with Crippen molar-refractivity contribution in [2.45, 2.75) is 25.3 Å². The van der Waals surface area contributed by atoms with Gasteiger partial charge in [-0.1, -0.05) is 24.6 Å². The number of amides is 1. The Labute approximate surface area is 83.5 Å². The van der Waals surface area contributed by atoms with E-state index in [-0.39, 0.29) is 11.9 Å². The molecule has 0 aromatic heterocycles. The van der Waals surface area contributed by atoms with E-state index in [2.05, 4.69) is 17.2 Å². The van der Waals surface area contributed by atoms with E-state index in [4.69, 9.17) is 11.6 Å². The van der Waals surface area contributed by atoms with Gasteiger partial charge in [0.05, 0.1) is 12.6 Å². The molecule has 0 aliphatic carbocycles. The summed E-state index contributed by atoms with van der Waals surface area (Å²) in [6, 6.07) is -0.0373. The first kappa shape index (κ1) is 10.5. The number of carbonyl (C=O) groups is 1. The highest BCUT2D eigenvalue weighted by Crippen LogP contribution is 2.06. The van der Waals surface area contributed by atoms with E-state index < -0.39 is 0 Å². The summed E-state index contributed by atoms with van der Waals surface area (Å²) in [7, 11) is 0. The van der Waals surface area contributed by atoms with Gasteiger partial charge in [0.15, 0.2) is 0 Å². The fourth-order valence-corrected chi connectivity index (χ4v) is 1.45. The second kappa shape index (κ2) is 5.25. The summed E-state index contributed by atoms with van der Waals surface area (Å²) in [4.78, 5) is 11.4. The number of rotatable bonds is 3. The summed E-state index contributed by atoms with van der Waals surface area (Å²) < 4.78 is 0. The van der Waals surface area contributed by atoms with E-state index >= 15 is 0 Å². The lowest BCUT2D eigenvalue weighted by molar-refractivity contribution is -0.123. The van der Waals surface area contributed by atoms with Crippen LogP contribution in [0.4, 0.5) is 0 Å². The van der Waals surface area contributed by atoms with Crippen molar-refractivity contribution in [1.82, 2.24) is 10.6 Å². The van der Waals surface area contributed by atoms with Crippen LogP contribution < -0.4 is 10.6 Å². The van der Waals surface area contributed by atoms with Crippen LogP contribution in [-0.2, 0) is 4.79 Å². The molecule has 13 heavy (non-hydrogen) atoms. The molecular formula is C9H15ClN2O. The molecule has 0 radical (unpaired) electrons. The van der Waals surface area contributed by atoms with Gasteiger partial charge in [-0.05, 0) is 19.4 Å². The van der Waals surface area contributed by atoms with Crippen molar-refractivity contribution in [2.24, 2.45) is 0 Å². The Hall–Kier alpha value is -0.540. The molecule has 0 unspecified atom stereocenters. The van der Waals surface area contributed by atoms with Crippen molar-refractivity contribution >= 4 is 17.5 Å². The molecule has 1 fully saturated rings. The predicted octanol–water partition coefficient (Wildman–Crippen LogP) is 0.997. The Morgan fingerprint density at radius 3 is 2.92 bits per heavy atom. The van der Waals surface area contributed by atoms with Crippen LogP contribution >= 0.6 is 11.6 Å². The molecule has 0 aromatic carbocycles. The summed E-state index contributed by atoms with van der Waals surface area (Å²) in [6.45, 7) is 4.79. The number of carbonyl (C=O) groups excluding carboxylic acids is 1. The topological polar surface area (TPSA) is 41.1 Å². The van der Waals surface area contributed by atoms with E-state index in [0.29, 0.717) is 11.6 Å². The molecule has 0 saturated carbocycles. The maximum atomic E-state index is 11.4. The van der Waals surface area contributed by atoms with Crippen molar-refractivity contribution in [3.05, 3.63) is 11.6 Å². The van der Waals surface area contributed by atoms with Gasteiger partial charge in [0.2, 0.25) is 5.91 Å². The summed E-state index contributed by atoms with van der Waals surface area (Å²) in [6.07, 6.45) is 3.19. The van der Waals surface area contributed by atoms with Crippen LogP contribution in [-0.4, -0.2) is 25.0 Å². The molecule has 1 amide bonds. The molecule has 1 aliphatic heterocycles. The SMILES string of the molecule is C=C(Cl)CNC(=O)[C@H]1CCCCN1. The fourth-order valence-electron chi connectivity index (χ4n) is 1.38. The minimum absolute atomic E-state index is 0.0292. The Balaban J connectivity index is 2.25. The average Bonchev–Trinajstić information content (AvgIpc) is 2.15. The second-order valence-electron chi connectivity index (χ2n) is 3.24. The Morgan fingerprint density at radius 2 is 2.38 bits per heavy atom. The van der Waals surface area contributed by atoms with Crippen LogP contribution in [0.15, 0.2) is 11.6 Å². The van der Waals surface area contributed by atoms with E-state index in [9.17, 15) is 4.79 Å². The standard InChI is InChI=1S/C9H15ClN2O/c1-7(10)6-12-9(13)8-4-2-3-5-11-8/h8,11H,1-6H2,(H,12,13)/t8-/m1/s1. The molecule has 1 aliphatic rings. The van der Waals surface area contributed by atoms with Crippen molar-refractivity contribution in [1.29, 1.82) is 0 Å². The monoisotopic (exact) mass is 202 g/mol. The average molecular weight is 203 g/mol. The second-order valence-corrected chi connectivity index (χ2v) is 3.77. The highest BCUT2D eigenvalue weighted by Gasteiger charge is 2.19. The van der Waals surface area contributed by atoms with Crippen molar-refractivity contribution < 1.29 is 4.79 Å². The van der Waals surface area contributed by atoms with E-state index in [1.807, 2.05) is 0 Å². The van der Waals surface area contributed by atoms with Crippen LogP contribution in [0.3, 0.4) is 0 Å². The molecule has 0 aromatic rings. The molecule has 3 nitrogen and oxygen atoms in total. The van der Waals surface area contributed by atoms with Crippen LogP contribution in [0.5, 0.6) is 0 Å². The third-order valence-corrected chi connectivity index (χ3v) is 2.21. The smallest absolute Gasteiger partial charge is 0.237 e. The fraction of sp³-hybridized carbons (Fsp3) is 0.667. The quantitative estimate of drug-likeness (QED) is 0.717. The van der Waals surface area contributed by atoms with Crippen LogP contribution in [0, 0.1) is 0 Å². The molecule has 0 spiro atoms. The minimum Gasteiger partial charge on any atom is -0.350 e. The number of piperidine rings is 1. The van der Waals surface area contributed by atoms with Crippen LogP contribution in [0.2, 0.25) is 0 Å². The number of hydrogen-bond donors (Lipinski definition) is 2. The summed E-state index contributed by atoms with van der Waals surface area (Å²) in [5, 5.41) is 6.34. The number of halogens is 1. The summed E-state index contributed by atoms with van der Waals surface area (Å²) in [5.74, 6) is 0.0292. The van der Waals surface area contributed by atoms with Gasteiger partial charge < -0.3 is 10.6 Å². The van der Waals surface area contributed by atoms with Gasteiger partial charge >= 0.3 is 0 Å². The van der Waals surface area contributed by atoms with Gasteiger partial charge in [0.1, 0.15) is 0 Å². The zero-order valence-electron chi connectivity index (χ0n) is 7.61. The van der Waals surface area contributed by atoms with E-state index in [1.54, 1.807) is 0 Å². The van der Waals surface area contributed by atoms with Gasteiger partial charge in [-0.25, -0.2) is 0 Å². The van der Waals surface area contributed by atoms with Crippen LogP contribution in [0.1, 0.15) is 19.3 Å². The van der Waals surface area contributed by atoms with Gasteiger partial charge in [0, 0.05) is 5.03 Å². The maximum Gasteiger partial charge on any atom is 0.237 e. The van der Waals surface area contributed by atoms with E-state index in [0.717, 1.165) is 25.8 Å². The first-order valence-corrected chi connectivity index (χ1v) is 4.92. The largest absolute Gasteiger partial charge is 0.350 e. The predicted molar refractivity (Wildman–Crippen MR) is 53.6 cm³/mol. The first-order valence-electron chi connectivity index (χ1n) is 4.54. The van der Waals surface area contributed by atoms with Gasteiger partial charge in [-0.2, -0.15) is 0 Å². The van der Waals surface area contributed by atoms with Gasteiger partial charge in [0.25, 0.3) is 0 Å². The molecule has 1 heterocycles. The minimum atomic E-state index is -0.0373. The first-order chi connectivity index (χ1) is 6.20. The molecule has 2 N–H and O–H groups in total. The Kier molecular flexibility index (Phi) is 4.25. The van der Waals surface area contributed by atoms with E-state index in [1.165, 1.54) is 0 Å². The molecule has 4 heteroatoms. The van der Waals surface area contributed by atoms with Crippen LogP contribution in [0.25, 0.3) is 0 Å². The Bertz CT molecular complexity index is 200. The third-order valence-electron chi connectivity index (χ3n) is 2.08.